The third kappa shape index (κ3) is 3.43. The monoisotopic (exact) mass is 408 g/mol. The van der Waals surface area contributed by atoms with Crippen molar-refractivity contribution in [3.63, 3.8) is 0 Å². The van der Waals surface area contributed by atoms with E-state index in [1.165, 1.54) is 17.5 Å². The number of hydrogen-bond acceptors (Lipinski definition) is 5. The lowest BCUT2D eigenvalue weighted by Gasteiger charge is -2.12. The van der Waals surface area contributed by atoms with Crippen LogP contribution in [0.25, 0.3) is 22.4 Å². The molecule has 1 atom stereocenters. The summed E-state index contributed by atoms with van der Waals surface area (Å²) < 4.78 is 54.3. The Labute approximate surface area is 159 Å². The van der Waals surface area contributed by atoms with Gasteiger partial charge in [0, 0.05) is 28.3 Å². The fourth-order valence-electron chi connectivity index (χ4n) is 2.86. The Morgan fingerprint density at radius 2 is 1.89 bits per heavy atom. The van der Waals surface area contributed by atoms with Gasteiger partial charge in [0.05, 0.1) is 11.0 Å². The number of H-pyrrole nitrogens is 1. The molecule has 4 rings (SSSR count). The summed E-state index contributed by atoms with van der Waals surface area (Å²) in [6.07, 6.45) is -2.66. The molecule has 0 saturated carbocycles. The number of rotatable bonds is 5. The number of anilines is 1. The smallest absolute Gasteiger partial charge is 0.264 e. The second-order valence-corrected chi connectivity index (χ2v) is 6.79. The molecule has 0 aliphatic heterocycles. The maximum atomic E-state index is 14.0. The van der Waals surface area contributed by atoms with Crippen molar-refractivity contribution in [2.75, 3.05) is 5.32 Å². The van der Waals surface area contributed by atoms with E-state index in [9.17, 15) is 22.7 Å². The topological polar surface area (TPSA) is 73.8 Å². The maximum absolute atomic E-state index is 14.0. The zero-order valence-electron chi connectivity index (χ0n) is 14.0. The van der Waals surface area contributed by atoms with Gasteiger partial charge in [0.2, 0.25) is 0 Å². The Balaban J connectivity index is 1.83. The number of halogens is 4. The largest absolute Gasteiger partial charge is 0.369 e. The number of alkyl halides is 2. The first-order valence-electron chi connectivity index (χ1n) is 8.03. The number of benzene rings is 2. The summed E-state index contributed by atoms with van der Waals surface area (Å²) in [5.74, 6) is -1.43. The third-order valence-electron chi connectivity index (χ3n) is 4.07. The van der Waals surface area contributed by atoms with Gasteiger partial charge in [-0.3, -0.25) is 0 Å². The van der Waals surface area contributed by atoms with E-state index in [0.717, 1.165) is 30.3 Å². The highest BCUT2D eigenvalue weighted by molar-refractivity contribution is 7.13. The molecule has 0 spiro atoms. The van der Waals surface area contributed by atoms with Crippen molar-refractivity contribution in [3.8, 4) is 11.4 Å². The summed E-state index contributed by atoms with van der Waals surface area (Å²) in [4.78, 5) is 10.9. The first kappa shape index (κ1) is 18.4. The summed E-state index contributed by atoms with van der Waals surface area (Å²) in [5, 5.41) is 15.2. The van der Waals surface area contributed by atoms with Gasteiger partial charge in [-0.15, -0.1) is 11.3 Å². The van der Waals surface area contributed by atoms with Gasteiger partial charge in [0.25, 0.3) is 6.43 Å². The molecular weight excluding hydrogens is 396 g/mol. The van der Waals surface area contributed by atoms with Crippen LogP contribution in [0.5, 0.6) is 0 Å². The fourth-order valence-corrected chi connectivity index (χ4v) is 3.41. The number of thiazole rings is 1. The standard InChI is InChI=1S/C18H12F4N4OS/c19-8-1-2-10(15(21)22)11(5-8)16-24-13-7-9(20)6-12(14(13)25-16)17(27)26-18-23-3-4-28-18/h1-7,15,17,27H,(H,23,26)(H,24,25). The van der Waals surface area contributed by atoms with Crippen LogP contribution in [0.1, 0.15) is 23.8 Å². The number of fused-ring (bicyclic) bond motifs is 1. The SMILES string of the molecule is OC(Nc1nccs1)c1cc(F)cc2[nH]c(-c3cc(F)ccc3C(F)F)nc12. The quantitative estimate of drug-likeness (QED) is 0.321. The molecule has 0 fully saturated rings. The Morgan fingerprint density at radius 1 is 1.07 bits per heavy atom. The van der Waals surface area contributed by atoms with Crippen LogP contribution in [-0.2, 0) is 0 Å². The lowest BCUT2D eigenvalue weighted by atomic mass is 10.1. The first-order valence-corrected chi connectivity index (χ1v) is 8.91. The zero-order valence-corrected chi connectivity index (χ0v) is 14.8. The zero-order chi connectivity index (χ0) is 19.8. The van der Waals surface area contributed by atoms with Gasteiger partial charge in [-0.05, 0) is 30.3 Å². The lowest BCUT2D eigenvalue weighted by molar-refractivity contribution is 0.152. The minimum atomic E-state index is -2.85. The minimum Gasteiger partial charge on any atom is -0.369 e. The van der Waals surface area contributed by atoms with E-state index in [1.807, 2.05) is 0 Å². The van der Waals surface area contributed by atoms with E-state index < -0.39 is 29.9 Å². The minimum absolute atomic E-state index is 0.0573. The number of aliphatic hydroxyl groups is 1. The van der Waals surface area contributed by atoms with Crippen LogP contribution in [0.2, 0.25) is 0 Å². The van der Waals surface area contributed by atoms with Crippen molar-refractivity contribution in [2.45, 2.75) is 12.7 Å². The second kappa shape index (κ2) is 7.21. The van der Waals surface area contributed by atoms with E-state index in [0.29, 0.717) is 5.13 Å². The summed E-state index contributed by atoms with van der Waals surface area (Å²) >= 11 is 1.24. The van der Waals surface area contributed by atoms with Gasteiger partial charge >= 0.3 is 0 Å². The van der Waals surface area contributed by atoms with Gasteiger partial charge in [-0.25, -0.2) is 27.5 Å². The van der Waals surface area contributed by atoms with Crippen molar-refractivity contribution >= 4 is 27.5 Å². The fraction of sp³-hybridized carbons (Fsp3) is 0.111. The van der Waals surface area contributed by atoms with Crippen LogP contribution in [0, 0.1) is 11.6 Å². The van der Waals surface area contributed by atoms with Crippen LogP contribution in [-0.4, -0.2) is 20.1 Å². The van der Waals surface area contributed by atoms with E-state index in [4.69, 9.17) is 0 Å². The molecule has 0 radical (unpaired) electrons. The molecule has 0 saturated heterocycles. The summed E-state index contributed by atoms with van der Waals surface area (Å²) in [6.45, 7) is 0. The number of imidazole rings is 1. The van der Waals surface area contributed by atoms with Crippen molar-refractivity contribution in [3.05, 3.63) is 64.7 Å². The number of aromatic amines is 1. The van der Waals surface area contributed by atoms with Gasteiger partial charge < -0.3 is 15.4 Å². The number of hydrogen-bond donors (Lipinski definition) is 3. The molecule has 0 amide bonds. The highest BCUT2D eigenvalue weighted by Crippen LogP contribution is 2.33. The Hall–Kier alpha value is -2.98. The summed E-state index contributed by atoms with van der Waals surface area (Å²) in [6, 6.07) is 5.04. The molecule has 10 heteroatoms. The number of nitrogens with zero attached hydrogens (tertiary/aromatic N) is 2. The Morgan fingerprint density at radius 3 is 2.61 bits per heavy atom. The molecule has 2 heterocycles. The van der Waals surface area contributed by atoms with E-state index in [1.54, 1.807) is 5.38 Å². The molecule has 0 bridgehead atoms. The number of aromatic nitrogens is 3. The predicted molar refractivity (Wildman–Crippen MR) is 97.1 cm³/mol. The molecule has 28 heavy (non-hydrogen) atoms. The van der Waals surface area contributed by atoms with Crippen LogP contribution in [0.15, 0.2) is 41.9 Å². The molecule has 2 aromatic carbocycles. The maximum Gasteiger partial charge on any atom is 0.264 e. The van der Waals surface area contributed by atoms with E-state index in [2.05, 4.69) is 20.3 Å². The summed E-state index contributed by atoms with van der Waals surface area (Å²) in [5.41, 5.74) is -0.126. The van der Waals surface area contributed by atoms with Crippen molar-refractivity contribution in [1.82, 2.24) is 15.0 Å². The number of aliphatic hydroxyl groups excluding tert-OH is 1. The molecule has 144 valence electrons. The second-order valence-electron chi connectivity index (χ2n) is 5.89. The normalized spacial score (nSPS) is 12.6. The van der Waals surface area contributed by atoms with Crippen LogP contribution in [0.3, 0.4) is 0 Å². The van der Waals surface area contributed by atoms with E-state index in [-0.39, 0.29) is 28.0 Å². The first-order chi connectivity index (χ1) is 13.4. The average molecular weight is 408 g/mol. The predicted octanol–water partition coefficient (Wildman–Crippen LogP) is 5.01. The molecule has 0 aliphatic rings. The van der Waals surface area contributed by atoms with Gasteiger partial charge in [0.15, 0.2) is 11.4 Å². The van der Waals surface area contributed by atoms with Crippen molar-refractivity contribution in [2.24, 2.45) is 0 Å². The van der Waals surface area contributed by atoms with Crippen molar-refractivity contribution in [1.29, 1.82) is 0 Å². The average Bonchev–Trinajstić information content (AvgIpc) is 3.29. The van der Waals surface area contributed by atoms with Gasteiger partial charge in [-0.2, -0.15) is 0 Å². The van der Waals surface area contributed by atoms with Crippen molar-refractivity contribution < 1.29 is 22.7 Å². The molecule has 2 aromatic heterocycles. The summed E-state index contributed by atoms with van der Waals surface area (Å²) in [7, 11) is 0. The highest BCUT2D eigenvalue weighted by atomic mass is 32.1. The van der Waals surface area contributed by atoms with Gasteiger partial charge in [0.1, 0.15) is 17.5 Å². The lowest BCUT2D eigenvalue weighted by Crippen LogP contribution is -2.10. The van der Waals surface area contributed by atoms with Crippen LogP contribution >= 0.6 is 11.3 Å². The molecule has 0 aliphatic carbocycles. The molecule has 5 nitrogen and oxygen atoms in total. The van der Waals surface area contributed by atoms with Crippen LogP contribution in [0.4, 0.5) is 22.7 Å². The number of nitrogens with one attached hydrogen (secondary N) is 2. The Kier molecular flexibility index (Phi) is 4.73. The molecule has 4 aromatic rings. The van der Waals surface area contributed by atoms with E-state index >= 15 is 0 Å². The highest BCUT2D eigenvalue weighted by Gasteiger charge is 2.21. The molecular formula is C18H12F4N4OS. The molecule has 1 unspecified atom stereocenters. The van der Waals surface area contributed by atoms with Gasteiger partial charge in [-0.1, -0.05) is 0 Å². The molecule has 3 N–H and O–H groups in total. The third-order valence-corrected chi connectivity index (χ3v) is 4.78. The Bertz CT molecular complexity index is 1130. The van der Waals surface area contributed by atoms with Crippen LogP contribution < -0.4 is 5.32 Å².